The number of carbonyl (C=O) groups excluding carboxylic acids is 1. The maximum absolute atomic E-state index is 12.2. The average molecular weight is 221 g/mol. The van der Waals surface area contributed by atoms with Crippen molar-refractivity contribution in [3.63, 3.8) is 0 Å². The van der Waals surface area contributed by atoms with Crippen LogP contribution >= 0.6 is 0 Å². The molecule has 1 fully saturated rings. The molecule has 0 aromatic rings. The van der Waals surface area contributed by atoms with Gasteiger partial charge in [-0.2, -0.15) is 0 Å². The summed E-state index contributed by atoms with van der Waals surface area (Å²) in [5, 5.41) is 3.41. The number of nitrogens with one attached hydrogen (secondary N) is 1. The van der Waals surface area contributed by atoms with Crippen molar-refractivity contribution in [3.05, 3.63) is 23.8 Å². The van der Waals surface area contributed by atoms with E-state index in [9.17, 15) is 4.79 Å². The maximum atomic E-state index is 12.2. The molecule has 0 bridgehead atoms. The molecule has 0 aromatic carbocycles. The van der Waals surface area contributed by atoms with Crippen LogP contribution in [0.2, 0.25) is 0 Å². The number of rotatable bonds is 4. The molecule has 0 amide bonds. The number of ketones is 1. The summed E-state index contributed by atoms with van der Waals surface area (Å²) in [5.41, 5.74) is 0.718. The summed E-state index contributed by atoms with van der Waals surface area (Å²) in [4.78, 5) is 12.2. The lowest BCUT2D eigenvalue weighted by Gasteiger charge is -2.37. The second-order valence-corrected chi connectivity index (χ2v) is 4.31. The molecule has 1 saturated carbocycles. The summed E-state index contributed by atoms with van der Waals surface area (Å²) < 4.78 is 0. The van der Waals surface area contributed by atoms with Crippen molar-refractivity contribution >= 4 is 5.78 Å². The van der Waals surface area contributed by atoms with E-state index in [0.717, 1.165) is 31.4 Å². The zero-order valence-electron chi connectivity index (χ0n) is 10.7. The first-order chi connectivity index (χ1) is 7.71. The number of carbonyl (C=O) groups is 1. The molecule has 0 saturated heterocycles. The van der Waals surface area contributed by atoms with Crippen molar-refractivity contribution < 1.29 is 4.79 Å². The molecule has 1 unspecified atom stereocenters. The van der Waals surface area contributed by atoms with Crippen LogP contribution in [0.25, 0.3) is 0 Å². The minimum Gasteiger partial charge on any atom is -0.302 e. The molecule has 2 nitrogen and oxygen atoms in total. The fourth-order valence-electron chi connectivity index (χ4n) is 2.59. The minimum atomic E-state index is -0.408. The fourth-order valence-corrected chi connectivity index (χ4v) is 2.59. The third kappa shape index (κ3) is 2.43. The largest absolute Gasteiger partial charge is 0.302 e. The molecule has 1 rings (SSSR count). The summed E-state index contributed by atoms with van der Waals surface area (Å²) in [6.07, 6.45) is 9.95. The van der Waals surface area contributed by atoms with Gasteiger partial charge in [0.1, 0.15) is 5.54 Å². The second-order valence-electron chi connectivity index (χ2n) is 4.31. The molecule has 90 valence electrons. The monoisotopic (exact) mass is 221 g/mol. The first kappa shape index (κ1) is 13.2. The van der Waals surface area contributed by atoms with Crippen molar-refractivity contribution in [2.75, 3.05) is 6.54 Å². The van der Waals surface area contributed by atoms with Gasteiger partial charge in [0.2, 0.25) is 0 Å². The highest BCUT2D eigenvalue weighted by atomic mass is 16.1. The molecule has 0 heterocycles. The predicted molar refractivity (Wildman–Crippen MR) is 68.5 cm³/mol. The Kier molecular flexibility index (Phi) is 4.94. The van der Waals surface area contributed by atoms with Crippen molar-refractivity contribution in [2.24, 2.45) is 0 Å². The van der Waals surface area contributed by atoms with E-state index in [1.165, 1.54) is 0 Å². The molecule has 1 N–H and O–H groups in total. The summed E-state index contributed by atoms with van der Waals surface area (Å²) in [6.45, 7) is 6.90. The SMILES string of the molecule is C/C=C\C(=C/C)C1(NCC)CCCCC1=O. The van der Waals surface area contributed by atoms with Gasteiger partial charge in [-0.3, -0.25) is 4.79 Å². The van der Waals surface area contributed by atoms with Crippen LogP contribution in [-0.2, 0) is 4.79 Å². The zero-order valence-corrected chi connectivity index (χ0v) is 10.7. The lowest BCUT2D eigenvalue weighted by Crippen LogP contribution is -2.54. The van der Waals surface area contributed by atoms with E-state index in [-0.39, 0.29) is 0 Å². The third-order valence-electron chi connectivity index (χ3n) is 3.31. The number of likely N-dealkylation sites (N-methyl/N-ethyl adjacent to an activating group) is 1. The summed E-state index contributed by atoms with van der Waals surface area (Å²) in [6, 6.07) is 0. The van der Waals surface area contributed by atoms with E-state index in [1.54, 1.807) is 0 Å². The second kappa shape index (κ2) is 6.00. The van der Waals surface area contributed by atoms with Crippen LogP contribution in [0.5, 0.6) is 0 Å². The Morgan fingerprint density at radius 1 is 1.44 bits per heavy atom. The normalized spacial score (nSPS) is 27.7. The topological polar surface area (TPSA) is 29.1 Å². The summed E-state index contributed by atoms with van der Waals surface area (Å²) in [7, 11) is 0. The van der Waals surface area contributed by atoms with Crippen LogP contribution in [0.4, 0.5) is 0 Å². The van der Waals surface area contributed by atoms with Crippen molar-refractivity contribution in [1.29, 1.82) is 0 Å². The van der Waals surface area contributed by atoms with Crippen molar-refractivity contribution in [3.8, 4) is 0 Å². The van der Waals surface area contributed by atoms with Crippen molar-refractivity contribution in [2.45, 2.75) is 52.0 Å². The highest BCUT2D eigenvalue weighted by Gasteiger charge is 2.40. The van der Waals surface area contributed by atoms with Crippen LogP contribution in [0, 0.1) is 0 Å². The van der Waals surface area contributed by atoms with Crippen LogP contribution in [0.15, 0.2) is 23.8 Å². The lowest BCUT2D eigenvalue weighted by atomic mass is 9.74. The molecule has 0 spiro atoms. The van der Waals surface area contributed by atoms with Crippen LogP contribution in [0.1, 0.15) is 46.5 Å². The Morgan fingerprint density at radius 3 is 2.69 bits per heavy atom. The predicted octanol–water partition coefficient (Wildman–Crippen LogP) is 3.00. The van der Waals surface area contributed by atoms with E-state index in [1.807, 2.05) is 19.9 Å². The smallest absolute Gasteiger partial charge is 0.157 e. The molecular weight excluding hydrogens is 198 g/mol. The number of hydrogen-bond acceptors (Lipinski definition) is 2. The van der Waals surface area contributed by atoms with Gasteiger partial charge in [-0.15, -0.1) is 0 Å². The van der Waals surface area contributed by atoms with Gasteiger partial charge in [0.05, 0.1) is 0 Å². The highest BCUT2D eigenvalue weighted by Crippen LogP contribution is 2.32. The van der Waals surface area contributed by atoms with E-state index >= 15 is 0 Å². The summed E-state index contributed by atoms with van der Waals surface area (Å²) >= 11 is 0. The van der Waals surface area contributed by atoms with Gasteiger partial charge in [-0.25, -0.2) is 0 Å². The summed E-state index contributed by atoms with van der Waals surface area (Å²) in [5.74, 6) is 0.354. The number of Topliss-reactive ketones (excluding diaryl/α,β-unsaturated/α-hetero) is 1. The van der Waals surface area contributed by atoms with Gasteiger partial charge in [-0.1, -0.05) is 31.6 Å². The average Bonchev–Trinajstić information content (AvgIpc) is 2.29. The minimum absolute atomic E-state index is 0.354. The van der Waals surface area contributed by atoms with E-state index in [0.29, 0.717) is 12.2 Å². The van der Waals surface area contributed by atoms with Gasteiger partial charge >= 0.3 is 0 Å². The number of allylic oxidation sites excluding steroid dienone is 2. The van der Waals surface area contributed by atoms with Gasteiger partial charge in [-0.05, 0) is 38.8 Å². The van der Waals surface area contributed by atoms with Gasteiger partial charge in [0.15, 0.2) is 5.78 Å². The first-order valence-corrected chi connectivity index (χ1v) is 6.29. The van der Waals surface area contributed by atoms with Gasteiger partial charge < -0.3 is 5.32 Å². The van der Waals surface area contributed by atoms with Crippen LogP contribution in [-0.4, -0.2) is 17.9 Å². The third-order valence-corrected chi connectivity index (χ3v) is 3.31. The maximum Gasteiger partial charge on any atom is 0.157 e. The van der Waals surface area contributed by atoms with Crippen molar-refractivity contribution in [1.82, 2.24) is 5.32 Å². The van der Waals surface area contributed by atoms with Crippen LogP contribution < -0.4 is 5.32 Å². The molecule has 0 aliphatic heterocycles. The van der Waals surface area contributed by atoms with Gasteiger partial charge in [0.25, 0.3) is 0 Å². The quantitative estimate of drug-likeness (QED) is 0.739. The number of hydrogen-bond donors (Lipinski definition) is 1. The van der Waals surface area contributed by atoms with E-state index in [4.69, 9.17) is 0 Å². The Labute approximate surface area is 98.8 Å². The fraction of sp³-hybridized carbons (Fsp3) is 0.643. The molecule has 1 aliphatic rings. The van der Waals surface area contributed by atoms with E-state index in [2.05, 4.69) is 24.4 Å². The van der Waals surface area contributed by atoms with Crippen LogP contribution in [0.3, 0.4) is 0 Å². The molecular formula is C14H23NO. The Bertz CT molecular complexity index is 300. The Morgan fingerprint density at radius 2 is 2.19 bits per heavy atom. The molecule has 0 aromatic heterocycles. The first-order valence-electron chi connectivity index (χ1n) is 6.29. The molecule has 0 radical (unpaired) electrons. The highest BCUT2D eigenvalue weighted by molar-refractivity contribution is 5.93. The zero-order chi connectivity index (χ0) is 12.0. The molecule has 2 heteroatoms. The van der Waals surface area contributed by atoms with Gasteiger partial charge in [0, 0.05) is 6.42 Å². The molecule has 1 aliphatic carbocycles. The Balaban J connectivity index is 3.07. The standard InChI is InChI=1S/C14H23NO/c1-4-9-12(5-2)14(15-6-3)11-8-7-10-13(14)16/h4-5,9,15H,6-8,10-11H2,1-3H3/b9-4-,12-5+. The lowest BCUT2D eigenvalue weighted by molar-refractivity contribution is -0.125. The van der Waals surface area contributed by atoms with E-state index < -0.39 is 5.54 Å². The Hall–Kier alpha value is -0.890. The molecule has 16 heavy (non-hydrogen) atoms. The molecule has 1 atom stereocenters.